The number of hydrogen-bond donors (Lipinski definition) is 2. The molecule has 2 aromatic heterocycles. The minimum absolute atomic E-state index is 0.0285. The maximum absolute atomic E-state index is 12.2. The van der Waals surface area contributed by atoms with Crippen molar-refractivity contribution >= 4 is 28.6 Å². The Morgan fingerprint density at radius 2 is 2.45 bits per heavy atom. The molecule has 3 rings (SSSR count). The molecule has 0 aliphatic carbocycles. The van der Waals surface area contributed by atoms with Gasteiger partial charge in [0.25, 0.3) is 5.91 Å². The number of thiophene rings is 1. The van der Waals surface area contributed by atoms with E-state index in [4.69, 9.17) is 4.74 Å². The first-order valence-electron chi connectivity index (χ1n) is 7.18. The molecule has 1 aliphatic rings. The molecule has 0 aromatic carbocycles. The lowest BCUT2D eigenvalue weighted by Crippen LogP contribution is -2.38. The predicted octanol–water partition coefficient (Wildman–Crippen LogP) is 2.69. The van der Waals surface area contributed by atoms with Crippen LogP contribution in [0.4, 0.5) is 0 Å². The van der Waals surface area contributed by atoms with Crippen molar-refractivity contribution in [2.24, 2.45) is 0 Å². The van der Waals surface area contributed by atoms with Gasteiger partial charge in [-0.3, -0.25) is 4.79 Å². The van der Waals surface area contributed by atoms with E-state index >= 15 is 0 Å². The van der Waals surface area contributed by atoms with E-state index in [1.54, 1.807) is 12.3 Å². The second-order valence-corrected chi connectivity index (χ2v) is 7.34. The van der Waals surface area contributed by atoms with Crippen molar-refractivity contribution in [3.8, 4) is 0 Å². The van der Waals surface area contributed by atoms with Crippen molar-refractivity contribution in [2.75, 3.05) is 13.2 Å². The molecule has 1 amide bonds. The van der Waals surface area contributed by atoms with Gasteiger partial charge in [0.2, 0.25) is 0 Å². The normalized spacial score (nSPS) is 20.7. The molecule has 0 spiro atoms. The predicted molar refractivity (Wildman–Crippen MR) is 86.3 cm³/mol. The first-order valence-corrected chi connectivity index (χ1v) is 8.94. The third-order valence-corrected chi connectivity index (χ3v) is 5.66. The Bertz CT molecular complexity index is 631. The molecule has 2 N–H and O–H groups in total. The van der Waals surface area contributed by atoms with Crippen LogP contribution in [0.3, 0.4) is 0 Å². The van der Waals surface area contributed by atoms with Gasteiger partial charge in [-0.05, 0) is 31.2 Å². The standard InChI is InChI=1S/C15H18N2O3S2/c1-15(19,12-5-3-7-21-12)9-16-13(18)10-8-22-14(17-10)11-4-2-6-20-11/h3,5,7-8,11,19H,2,4,6,9H2,1H3,(H,16,18). The van der Waals surface area contributed by atoms with Crippen LogP contribution >= 0.6 is 22.7 Å². The molecule has 22 heavy (non-hydrogen) atoms. The molecule has 0 saturated carbocycles. The van der Waals surface area contributed by atoms with E-state index < -0.39 is 5.60 Å². The highest BCUT2D eigenvalue weighted by atomic mass is 32.1. The highest BCUT2D eigenvalue weighted by molar-refractivity contribution is 7.10. The van der Waals surface area contributed by atoms with E-state index in [1.165, 1.54) is 22.7 Å². The molecule has 5 nitrogen and oxygen atoms in total. The Kier molecular flexibility index (Phi) is 4.58. The summed E-state index contributed by atoms with van der Waals surface area (Å²) in [6, 6.07) is 3.74. The lowest BCUT2D eigenvalue weighted by Gasteiger charge is -2.21. The smallest absolute Gasteiger partial charge is 0.270 e. The van der Waals surface area contributed by atoms with Crippen LogP contribution in [0.1, 0.15) is 46.2 Å². The van der Waals surface area contributed by atoms with Gasteiger partial charge >= 0.3 is 0 Å². The molecule has 3 heterocycles. The highest BCUT2D eigenvalue weighted by Gasteiger charge is 2.26. The fourth-order valence-electron chi connectivity index (χ4n) is 2.33. The lowest BCUT2D eigenvalue weighted by atomic mass is 10.1. The molecule has 7 heteroatoms. The summed E-state index contributed by atoms with van der Waals surface area (Å²) < 4.78 is 5.57. The Hall–Kier alpha value is -1.28. The first kappa shape index (κ1) is 15.6. The van der Waals surface area contributed by atoms with Crippen molar-refractivity contribution in [2.45, 2.75) is 31.5 Å². The van der Waals surface area contributed by atoms with E-state index in [0.29, 0.717) is 5.69 Å². The number of nitrogens with zero attached hydrogens (tertiary/aromatic N) is 1. The molecule has 1 saturated heterocycles. The first-order chi connectivity index (χ1) is 10.6. The number of thiazole rings is 1. The molecular weight excluding hydrogens is 320 g/mol. The summed E-state index contributed by atoms with van der Waals surface area (Å²) in [7, 11) is 0. The van der Waals surface area contributed by atoms with E-state index in [2.05, 4.69) is 10.3 Å². The van der Waals surface area contributed by atoms with Gasteiger partial charge in [-0.2, -0.15) is 0 Å². The summed E-state index contributed by atoms with van der Waals surface area (Å²) in [6.45, 7) is 2.60. The summed E-state index contributed by atoms with van der Waals surface area (Å²) in [5.41, 5.74) is -0.686. The van der Waals surface area contributed by atoms with Crippen LogP contribution in [0.2, 0.25) is 0 Å². The van der Waals surface area contributed by atoms with Gasteiger partial charge in [0, 0.05) is 16.9 Å². The van der Waals surface area contributed by atoms with Crippen LogP contribution in [0.15, 0.2) is 22.9 Å². The zero-order valence-electron chi connectivity index (χ0n) is 12.2. The van der Waals surface area contributed by atoms with Gasteiger partial charge in [0.15, 0.2) is 0 Å². The number of aliphatic hydroxyl groups is 1. The lowest BCUT2D eigenvalue weighted by molar-refractivity contribution is 0.0555. The quantitative estimate of drug-likeness (QED) is 0.879. The number of carbonyl (C=O) groups is 1. The molecule has 2 atom stereocenters. The van der Waals surface area contributed by atoms with Crippen LogP contribution < -0.4 is 5.32 Å². The molecule has 0 bridgehead atoms. The Balaban J connectivity index is 1.60. The summed E-state index contributed by atoms with van der Waals surface area (Å²) in [5, 5.41) is 17.7. The molecule has 118 valence electrons. The molecule has 2 aromatic rings. The third kappa shape index (κ3) is 3.38. The number of hydrogen-bond acceptors (Lipinski definition) is 6. The van der Waals surface area contributed by atoms with Crippen molar-refractivity contribution in [3.63, 3.8) is 0 Å². The van der Waals surface area contributed by atoms with E-state index in [-0.39, 0.29) is 18.6 Å². The largest absolute Gasteiger partial charge is 0.383 e. The molecular formula is C15H18N2O3S2. The second-order valence-electron chi connectivity index (χ2n) is 5.51. The van der Waals surface area contributed by atoms with Crippen LogP contribution in [0.25, 0.3) is 0 Å². The Morgan fingerprint density at radius 3 is 3.14 bits per heavy atom. The summed E-state index contributed by atoms with van der Waals surface area (Å²) in [5.74, 6) is -0.266. The minimum Gasteiger partial charge on any atom is -0.383 e. The van der Waals surface area contributed by atoms with Crippen molar-refractivity contribution in [1.82, 2.24) is 10.3 Å². The van der Waals surface area contributed by atoms with Gasteiger partial charge in [-0.15, -0.1) is 22.7 Å². The van der Waals surface area contributed by atoms with Gasteiger partial charge in [-0.1, -0.05) is 6.07 Å². The van der Waals surface area contributed by atoms with Crippen molar-refractivity contribution in [3.05, 3.63) is 38.5 Å². The average molecular weight is 338 g/mol. The third-order valence-electron chi connectivity index (χ3n) is 3.60. The fourth-order valence-corrected chi connectivity index (χ4v) is 4.00. The number of ether oxygens (including phenoxy) is 1. The Labute approximate surface area is 137 Å². The summed E-state index contributed by atoms with van der Waals surface area (Å²) in [6.07, 6.45) is 2.03. The average Bonchev–Trinajstić information content (AvgIpc) is 3.26. The summed E-state index contributed by atoms with van der Waals surface area (Å²) in [4.78, 5) is 17.4. The number of aromatic nitrogens is 1. The van der Waals surface area contributed by atoms with Gasteiger partial charge in [0.05, 0.1) is 6.54 Å². The molecule has 0 radical (unpaired) electrons. The number of amides is 1. The number of nitrogens with one attached hydrogen (secondary N) is 1. The highest BCUT2D eigenvalue weighted by Crippen LogP contribution is 2.30. The maximum Gasteiger partial charge on any atom is 0.270 e. The topological polar surface area (TPSA) is 71.5 Å². The van der Waals surface area contributed by atoms with Gasteiger partial charge < -0.3 is 15.2 Å². The fraction of sp³-hybridized carbons (Fsp3) is 0.467. The van der Waals surface area contributed by atoms with Gasteiger partial charge in [0.1, 0.15) is 22.4 Å². The zero-order chi connectivity index (χ0) is 15.6. The maximum atomic E-state index is 12.2. The summed E-state index contributed by atoms with van der Waals surface area (Å²) >= 11 is 2.92. The zero-order valence-corrected chi connectivity index (χ0v) is 13.9. The van der Waals surface area contributed by atoms with Crippen LogP contribution in [-0.4, -0.2) is 29.1 Å². The van der Waals surface area contributed by atoms with Gasteiger partial charge in [-0.25, -0.2) is 4.98 Å². The molecule has 1 fully saturated rings. The monoisotopic (exact) mass is 338 g/mol. The van der Waals surface area contributed by atoms with Crippen molar-refractivity contribution in [1.29, 1.82) is 0 Å². The van der Waals surface area contributed by atoms with Crippen LogP contribution in [0.5, 0.6) is 0 Å². The van der Waals surface area contributed by atoms with E-state index in [0.717, 1.165) is 29.3 Å². The second kappa shape index (κ2) is 6.45. The van der Waals surface area contributed by atoms with E-state index in [9.17, 15) is 9.90 Å². The van der Waals surface area contributed by atoms with E-state index in [1.807, 2.05) is 17.5 Å². The van der Waals surface area contributed by atoms with Crippen molar-refractivity contribution < 1.29 is 14.6 Å². The van der Waals surface area contributed by atoms with Crippen LogP contribution in [0, 0.1) is 0 Å². The SMILES string of the molecule is CC(O)(CNC(=O)c1csc(C2CCCO2)n1)c1cccs1. The minimum atomic E-state index is -1.07. The van der Waals surface area contributed by atoms with Crippen LogP contribution in [-0.2, 0) is 10.3 Å². The molecule has 2 unspecified atom stereocenters. The Morgan fingerprint density at radius 1 is 1.59 bits per heavy atom. The molecule has 1 aliphatic heterocycles. The number of carbonyl (C=O) groups excluding carboxylic acids is 1. The number of rotatable bonds is 5.